The van der Waals surface area contributed by atoms with Crippen molar-refractivity contribution in [2.75, 3.05) is 13.2 Å². The van der Waals surface area contributed by atoms with Gasteiger partial charge in [0.05, 0.1) is 13.2 Å². The molecule has 2 N–H and O–H groups in total. The highest BCUT2D eigenvalue weighted by Gasteiger charge is 2.21. The molecule has 0 radical (unpaired) electrons. The lowest BCUT2D eigenvalue weighted by Gasteiger charge is -2.17. The molecule has 11 heavy (non-hydrogen) atoms. The van der Waals surface area contributed by atoms with Crippen LogP contribution in [0.25, 0.3) is 0 Å². The van der Waals surface area contributed by atoms with Gasteiger partial charge in [0, 0.05) is 22.9 Å². The topological polar surface area (TPSA) is 60.8 Å². The van der Waals surface area contributed by atoms with Crippen LogP contribution in [-0.4, -0.2) is 38.5 Å². The van der Waals surface area contributed by atoms with Crippen LogP contribution in [0.5, 0.6) is 0 Å². The average molecular weight is 269 g/mol. The molecule has 1 atom stereocenters. The summed E-state index contributed by atoms with van der Waals surface area (Å²) in [5.74, 6) is 1.21. The maximum Gasteiger partial charge on any atom is 0.324 e. The van der Waals surface area contributed by atoms with Gasteiger partial charge in [-0.3, -0.25) is 4.79 Å². The van der Waals surface area contributed by atoms with Crippen molar-refractivity contribution in [1.29, 1.82) is 0 Å². The molecule has 0 aromatic carbocycles. The summed E-state index contributed by atoms with van der Waals surface area (Å²) < 4.78 is 1.36. The summed E-state index contributed by atoms with van der Waals surface area (Å²) in [4.78, 5) is 10.4. The summed E-state index contributed by atoms with van der Waals surface area (Å²) in [5, 5.41) is 17.1. The molecule has 0 bridgehead atoms. The van der Waals surface area contributed by atoms with E-state index in [-0.39, 0.29) is 6.54 Å². The number of carboxylic acid groups (broad SMARTS) is 1. The number of rotatable bonds is 4. The number of nitrogens with zero attached hydrogens (tertiary/aromatic N) is 1. The lowest BCUT2D eigenvalue weighted by Crippen LogP contribution is -2.37. The predicted molar refractivity (Wildman–Crippen MR) is 48.1 cm³/mol. The summed E-state index contributed by atoms with van der Waals surface area (Å²) in [6.07, 6.45) is 4.95. The number of aliphatic hydroxyl groups excluding tert-OH is 1. The molecular formula is C6H8INO3. The molecule has 1 unspecified atom stereocenters. The van der Waals surface area contributed by atoms with Gasteiger partial charge >= 0.3 is 5.97 Å². The van der Waals surface area contributed by atoms with Crippen molar-refractivity contribution < 1.29 is 15.0 Å². The van der Waals surface area contributed by atoms with Crippen molar-refractivity contribution in [1.82, 2.24) is 3.11 Å². The molecule has 0 saturated carbocycles. The fourth-order valence-electron chi connectivity index (χ4n) is 0.484. The van der Waals surface area contributed by atoms with Crippen LogP contribution in [0.4, 0.5) is 0 Å². The first-order chi connectivity index (χ1) is 5.13. The Morgan fingerprint density at radius 1 is 1.82 bits per heavy atom. The van der Waals surface area contributed by atoms with Gasteiger partial charge in [-0.2, -0.15) is 0 Å². The first-order valence-electron chi connectivity index (χ1n) is 2.83. The third-order valence-electron chi connectivity index (χ3n) is 1.04. The third kappa shape index (κ3) is 3.55. The predicted octanol–water partition coefficient (Wildman–Crippen LogP) is -0.283. The Bertz CT molecular complexity index is 177. The molecule has 0 saturated heterocycles. The molecular weight excluding hydrogens is 261 g/mol. The zero-order valence-electron chi connectivity index (χ0n) is 5.70. The van der Waals surface area contributed by atoms with Crippen LogP contribution >= 0.6 is 22.9 Å². The summed E-state index contributed by atoms with van der Waals surface area (Å²) in [5.41, 5.74) is 0. The molecule has 0 aliphatic rings. The Hall–Kier alpha value is -0.320. The van der Waals surface area contributed by atoms with E-state index in [4.69, 9.17) is 16.6 Å². The van der Waals surface area contributed by atoms with E-state index < -0.39 is 18.6 Å². The molecule has 0 aliphatic carbocycles. The minimum absolute atomic E-state index is 0.206. The van der Waals surface area contributed by atoms with E-state index in [0.29, 0.717) is 0 Å². The van der Waals surface area contributed by atoms with Gasteiger partial charge in [-0.25, -0.2) is 3.11 Å². The van der Waals surface area contributed by atoms with Gasteiger partial charge in [0.2, 0.25) is 0 Å². The Morgan fingerprint density at radius 2 is 2.36 bits per heavy atom. The van der Waals surface area contributed by atoms with Crippen molar-refractivity contribution in [3.8, 4) is 12.3 Å². The van der Waals surface area contributed by atoms with Gasteiger partial charge in [0.25, 0.3) is 0 Å². The first-order valence-corrected chi connectivity index (χ1v) is 3.79. The summed E-state index contributed by atoms with van der Waals surface area (Å²) in [7, 11) is 0. The van der Waals surface area contributed by atoms with Crippen molar-refractivity contribution in [2.45, 2.75) is 6.04 Å². The van der Waals surface area contributed by atoms with Gasteiger partial charge in [-0.1, -0.05) is 5.92 Å². The number of hydrogen-bond acceptors (Lipinski definition) is 3. The van der Waals surface area contributed by atoms with Gasteiger partial charge in [0.1, 0.15) is 6.04 Å². The number of carbonyl (C=O) groups is 1. The van der Waals surface area contributed by atoms with E-state index in [1.807, 2.05) is 0 Å². The van der Waals surface area contributed by atoms with Crippen LogP contribution in [0.2, 0.25) is 0 Å². The number of hydrogen-bond donors (Lipinski definition) is 2. The van der Waals surface area contributed by atoms with E-state index in [2.05, 4.69) is 5.92 Å². The zero-order valence-corrected chi connectivity index (χ0v) is 7.85. The fourth-order valence-corrected chi connectivity index (χ4v) is 1.10. The maximum atomic E-state index is 10.4. The SMILES string of the molecule is C#CCN(I)C(CO)C(=O)O. The van der Waals surface area contributed by atoms with Gasteiger partial charge < -0.3 is 10.2 Å². The van der Waals surface area contributed by atoms with E-state index in [0.717, 1.165) is 0 Å². The third-order valence-corrected chi connectivity index (χ3v) is 2.05. The van der Waals surface area contributed by atoms with Crippen LogP contribution in [-0.2, 0) is 4.79 Å². The van der Waals surface area contributed by atoms with E-state index in [1.165, 1.54) is 3.11 Å². The van der Waals surface area contributed by atoms with Crippen LogP contribution in [0.15, 0.2) is 0 Å². The highest BCUT2D eigenvalue weighted by atomic mass is 127. The Balaban J connectivity index is 4.04. The highest BCUT2D eigenvalue weighted by Crippen LogP contribution is 2.05. The monoisotopic (exact) mass is 269 g/mol. The molecule has 5 heteroatoms. The number of aliphatic carboxylic acids is 1. The van der Waals surface area contributed by atoms with Crippen molar-refractivity contribution in [3.63, 3.8) is 0 Å². The van der Waals surface area contributed by atoms with Crippen molar-refractivity contribution in [2.24, 2.45) is 0 Å². The second-order valence-electron chi connectivity index (χ2n) is 1.80. The van der Waals surface area contributed by atoms with Crippen LogP contribution in [0, 0.1) is 12.3 Å². The lowest BCUT2D eigenvalue weighted by atomic mass is 10.3. The zero-order chi connectivity index (χ0) is 8.85. The number of carboxylic acids is 1. The largest absolute Gasteiger partial charge is 0.480 e. The Morgan fingerprint density at radius 3 is 2.64 bits per heavy atom. The second-order valence-corrected chi connectivity index (χ2v) is 3.04. The minimum Gasteiger partial charge on any atom is -0.480 e. The highest BCUT2D eigenvalue weighted by molar-refractivity contribution is 14.1. The molecule has 0 rings (SSSR count). The Labute approximate surface area is 78.7 Å². The first kappa shape index (κ1) is 10.7. The van der Waals surface area contributed by atoms with Crippen LogP contribution in [0.1, 0.15) is 0 Å². The molecule has 4 nitrogen and oxygen atoms in total. The summed E-state index contributed by atoms with van der Waals surface area (Å²) in [6.45, 7) is -0.224. The van der Waals surface area contributed by atoms with Crippen LogP contribution < -0.4 is 0 Å². The summed E-state index contributed by atoms with van der Waals surface area (Å²) >= 11 is 1.77. The maximum absolute atomic E-state index is 10.4. The van der Waals surface area contributed by atoms with Gasteiger partial charge in [0.15, 0.2) is 0 Å². The van der Waals surface area contributed by atoms with E-state index >= 15 is 0 Å². The molecule has 0 spiro atoms. The number of aliphatic hydroxyl groups is 1. The Kier molecular flexibility index (Phi) is 5.19. The molecule has 0 heterocycles. The van der Waals surface area contributed by atoms with E-state index in [1.54, 1.807) is 22.9 Å². The molecule has 0 aromatic rings. The molecule has 62 valence electrons. The number of terminal acetylenes is 1. The molecule has 0 aliphatic heterocycles. The standard InChI is InChI=1S/C6H8INO3/c1-2-3-8(7)5(4-9)6(10)11/h1,5,9H,3-4H2,(H,10,11). The van der Waals surface area contributed by atoms with Gasteiger partial charge in [-0.15, -0.1) is 6.42 Å². The van der Waals surface area contributed by atoms with E-state index in [9.17, 15) is 4.79 Å². The molecule has 0 aromatic heterocycles. The summed E-state index contributed by atoms with van der Waals surface area (Å²) in [6, 6.07) is -0.911. The fraction of sp³-hybridized carbons (Fsp3) is 0.500. The van der Waals surface area contributed by atoms with Crippen molar-refractivity contribution >= 4 is 28.8 Å². The molecule has 0 fully saturated rings. The average Bonchev–Trinajstić information content (AvgIpc) is 1.88. The minimum atomic E-state index is -1.07. The lowest BCUT2D eigenvalue weighted by molar-refractivity contribution is -0.142. The van der Waals surface area contributed by atoms with Crippen molar-refractivity contribution in [3.05, 3.63) is 0 Å². The van der Waals surface area contributed by atoms with Crippen LogP contribution in [0.3, 0.4) is 0 Å². The quantitative estimate of drug-likeness (QED) is 0.418. The number of halogens is 1. The molecule has 0 amide bonds. The second kappa shape index (κ2) is 5.35. The smallest absolute Gasteiger partial charge is 0.324 e. The normalized spacial score (nSPS) is 12.5. The van der Waals surface area contributed by atoms with Gasteiger partial charge in [-0.05, 0) is 0 Å².